The highest BCUT2D eigenvalue weighted by Gasteiger charge is 2.16. The number of amidine groups is 1. The third-order valence-electron chi connectivity index (χ3n) is 3.00. The minimum Gasteiger partial charge on any atom is -0.497 e. The number of rotatable bonds is 5. The Kier molecular flexibility index (Phi) is 4.93. The Morgan fingerprint density at radius 2 is 2.39 bits per heavy atom. The van der Waals surface area contributed by atoms with Gasteiger partial charge in [-0.1, -0.05) is 30.8 Å². The normalized spacial score (nSPS) is 18.6. The Morgan fingerprint density at radius 1 is 1.50 bits per heavy atom. The Balaban J connectivity index is 1.75. The molecule has 0 aliphatic carbocycles. The molecule has 1 N–H and O–H groups in total. The first-order chi connectivity index (χ1) is 8.81. The Bertz CT molecular complexity index is 420. The van der Waals surface area contributed by atoms with Crippen LogP contribution in [-0.2, 0) is 6.42 Å². The van der Waals surface area contributed by atoms with Crippen molar-refractivity contribution in [2.75, 3.05) is 20.2 Å². The van der Waals surface area contributed by atoms with Gasteiger partial charge in [-0.2, -0.15) is 0 Å². The summed E-state index contributed by atoms with van der Waals surface area (Å²) >= 11 is 1.87. The summed E-state index contributed by atoms with van der Waals surface area (Å²) in [6.07, 6.45) is 2.18. The maximum atomic E-state index is 5.21. The molecule has 0 radical (unpaired) electrons. The number of thioether (sulfide) groups is 1. The highest BCUT2D eigenvalue weighted by atomic mass is 32.2. The van der Waals surface area contributed by atoms with Crippen molar-refractivity contribution in [1.82, 2.24) is 5.32 Å². The first-order valence-electron chi connectivity index (χ1n) is 6.39. The number of nitrogens with zero attached hydrogens (tertiary/aromatic N) is 1. The number of aliphatic imine (C=N–C) groups is 1. The summed E-state index contributed by atoms with van der Waals surface area (Å²) in [7, 11) is 1.70. The van der Waals surface area contributed by atoms with E-state index in [1.165, 1.54) is 12.0 Å². The van der Waals surface area contributed by atoms with Gasteiger partial charge in [0.25, 0.3) is 0 Å². The zero-order valence-electron chi connectivity index (χ0n) is 11.0. The second kappa shape index (κ2) is 6.69. The number of hydrogen-bond donors (Lipinski definition) is 1. The summed E-state index contributed by atoms with van der Waals surface area (Å²) in [6, 6.07) is 8.21. The molecule has 4 heteroatoms. The Hall–Kier alpha value is -1.16. The topological polar surface area (TPSA) is 33.6 Å². The lowest BCUT2D eigenvalue weighted by Gasteiger charge is -2.08. The molecular weight excluding hydrogens is 244 g/mol. The molecule has 1 heterocycles. The van der Waals surface area contributed by atoms with Crippen molar-refractivity contribution in [3.8, 4) is 5.75 Å². The van der Waals surface area contributed by atoms with Crippen molar-refractivity contribution in [3.05, 3.63) is 29.8 Å². The number of benzene rings is 1. The van der Waals surface area contributed by atoms with Crippen LogP contribution in [0.15, 0.2) is 29.3 Å². The van der Waals surface area contributed by atoms with Crippen LogP contribution in [0.4, 0.5) is 0 Å². The minimum absolute atomic E-state index is 0.671. The van der Waals surface area contributed by atoms with Gasteiger partial charge in [-0.15, -0.1) is 0 Å². The predicted octanol–water partition coefficient (Wildman–Crippen LogP) is 2.71. The molecule has 0 amide bonds. The maximum absolute atomic E-state index is 5.21. The summed E-state index contributed by atoms with van der Waals surface area (Å²) in [5.41, 5.74) is 1.29. The van der Waals surface area contributed by atoms with E-state index in [-0.39, 0.29) is 0 Å². The van der Waals surface area contributed by atoms with E-state index in [2.05, 4.69) is 29.4 Å². The van der Waals surface area contributed by atoms with Crippen molar-refractivity contribution in [3.63, 3.8) is 0 Å². The van der Waals surface area contributed by atoms with Gasteiger partial charge in [0.05, 0.1) is 13.7 Å². The fraction of sp³-hybridized carbons (Fsp3) is 0.500. The van der Waals surface area contributed by atoms with Crippen molar-refractivity contribution in [1.29, 1.82) is 0 Å². The molecule has 0 aromatic heterocycles. The predicted molar refractivity (Wildman–Crippen MR) is 78.7 cm³/mol. The van der Waals surface area contributed by atoms with Crippen LogP contribution in [0.1, 0.15) is 18.9 Å². The van der Waals surface area contributed by atoms with Crippen LogP contribution >= 0.6 is 11.8 Å². The SMILES string of the molecule is CCC1CN=C(NCCc2cccc(OC)c2)S1. The summed E-state index contributed by atoms with van der Waals surface area (Å²) in [4.78, 5) is 4.50. The van der Waals surface area contributed by atoms with Gasteiger partial charge in [0.15, 0.2) is 5.17 Å². The van der Waals surface area contributed by atoms with Crippen LogP contribution in [0, 0.1) is 0 Å². The first-order valence-corrected chi connectivity index (χ1v) is 7.27. The van der Waals surface area contributed by atoms with Crippen LogP contribution in [0.2, 0.25) is 0 Å². The van der Waals surface area contributed by atoms with Crippen molar-refractivity contribution in [2.45, 2.75) is 25.0 Å². The van der Waals surface area contributed by atoms with E-state index in [0.29, 0.717) is 5.25 Å². The smallest absolute Gasteiger partial charge is 0.156 e. The number of hydrogen-bond acceptors (Lipinski definition) is 4. The second-order valence-electron chi connectivity index (χ2n) is 4.32. The van der Waals surface area contributed by atoms with Crippen LogP contribution < -0.4 is 10.1 Å². The summed E-state index contributed by atoms with van der Waals surface area (Å²) in [6.45, 7) is 4.10. The minimum atomic E-state index is 0.671. The summed E-state index contributed by atoms with van der Waals surface area (Å²) in [5.74, 6) is 0.922. The maximum Gasteiger partial charge on any atom is 0.156 e. The van der Waals surface area contributed by atoms with Crippen LogP contribution in [0.3, 0.4) is 0 Å². The molecule has 1 aliphatic rings. The van der Waals surface area contributed by atoms with Crippen LogP contribution in [0.25, 0.3) is 0 Å². The number of methoxy groups -OCH3 is 1. The molecule has 98 valence electrons. The first kappa shape index (κ1) is 13.3. The fourth-order valence-corrected chi connectivity index (χ4v) is 2.83. The van der Waals surface area contributed by atoms with Crippen LogP contribution in [-0.4, -0.2) is 30.6 Å². The van der Waals surface area contributed by atoms with Gasteiger partial charge < -0.3 is 10.1 Å². The van der Waals surface area contributed by atoms with Gasteiger partial charge in [-0.05, 0) is 30.5 Å². The van der Waals surface area contributed by atoms with Crippen molar-refractivity contribution in [2.24, 2.45) is 4.99 Å². The lowest BCUT2D eigenvalue weighted by molar-refractivity contribution is 0.414. The molecule has 18 heavy (non-hydrogen) atoms. The van der Waals surface area contributed by atoms with Gasteiger partial charge in [0.1, 0.15) is 5.75 Å². The molecule has 1 atom stereocenters. The van der Waals surface area contributed by atoms with Gasteiger partial charge in [0, 0.05) is 11.8 Å². The van der Waals surface area contributed by atoms with Gasteiger partial charge in [0.2, 0.25) is 0 Å². The van der Waals surface area contributed by atoms with E-state index >= 15 is 0 Å². The third-order valence-corrected chi connectivity index (χ3v) is 4.31. The Labute approximate surface area is 113 Å². The molecule has 1 aliphatic heterocycles. The molecule has 0 saturated carbocycles. The van der Waals surface area contributed by atoms with Crippen LogP contribution in [0.5, 0.6) is 5.75 Å². The van der Waals surface area contributed by atoms with E-state index in [1.54, 1.807) is 7.11 Å². The second-order valence-corrected chi connectivity index (χ2v) is 5.61. The standard InChI is InChI=1S/C14H20N2OS/c1-3-13-10-16-14(18-13)15-8-7-11-5-4-6-12(9-11)17-2/h4-6,9,13H,3,7-8,10H2,1-2H3,(H,15,16). The van der Waals surface area contributed by atoms with Crippen molar-refractivity contribution < 1.29 is 4.74 Å². The zero-order valence-corrected chi connectivity index (χ0v) is 11.8. The molecule has 1 aromatic carbocycles. The fourth-order valence-electron chi connectivity index (χ4n) is 1.87. The van der Waals surface area contributed by atoms with Gasteiger partial charge in [-0.25, -0.2) is 0 Å². The molecule has 0 bridgehead atoms. The Morgan fingerprint density at radius 3 is 3.11 bits per heavy atom. The average molecular weight is 264 g/mol. The molecular formula is C14H20N2OS. The molecule has 0 fully saturated rings. The lowest BCUT2D eigenvalue weighted by Crippen LogP contribution is -2.22. The number of nitrogens with one attached hydrogen (secondary N) is 1. The van der Waals surface area contributed by atoms with E-state index in [4.69, 9.17) is 4.74 Å². The van der Waals surface area contributed by atoms with Crippen molar-refractivity contribution >= 4 is 16.9 Å². The quantitative estimate of drug-likeness (QED) is 0.888. The molecule has 3 nitrogen and oxygen atoms in total. The summed E-state index contributed by atoms with van der Waals surface area (Å²) < 4.78 is 5.21. The zero-order chi connectivity index (χ0) is 12.8. The third kappa shape index (κ3) is 3.67. The van der Waals surface area contributed by atoms with E-state index in [1.807, 2.05) is 23.9 Å². The van der Waals surface area contributed by atoms with E-state index in [0.717, 1.165) is 30.4 Å². The van der Waals surface area contributed by atoms with Gasteiger partial charge >= 0.3 is 0 Å². The highest BCUT2D eigenvalue weighted by Crippen LogP contribution is 2.21. The number of ether oxygens (including phenoxy) is 1. The van der Waals surface area contributed by atoms with E-state index < -0.39 is 0 Å². The highest BCUT2D eigenvalue weighted by molar-refractivity contribution is 8.14. The monoisotopic (exact) mass is 264 g/mol. The average Bonchev–Trinajstić information content (AvgIpc) is 2.87. The van der Waals surface area contributed by atoms with Gasteiger partial charge in [-0.3, -0.25) is 4.99 Å². The molecule has 0 spiro atoms. The molecule has 1 aromatic rings. The molecule has 1 unspecified atom stereocenters. The lowest BCUT2D eigenvalue weighted by atomic mass is 10.1. The summed E-state index contributed by atoms with van der Waals surface area (Å²) in [5, 5.41) is 5.18. The molecule has 2 rings (SSSR count). The molecule has 0 saturated heterocycles. The largest absolute Gasteiger partial charge is 0.497 e. The van der Waals surface area contributed by atoms with E-state index in [9.17, 15) is 0 Å².